The molecule has 6 nitrogen and oxygen atoms in total. The van der Waals surface area contributed by atoms with Crippen LogP contribution in [0.2, 0.25) is 0 Å². The summed E-state index contributed by atoms with van der Waals surface area (Å²) in [6.07, 6.45) is -0.681. The highest BCUT2D eigenvalue weighted by molar-refractivity contribution is 8.00. The topological polar surface area (TPSA) is 88.0 Å². The highest BCUT2D eigenvalue weighted by Gasteiger charge is 2.16. The van der Waals surface area contributed by atoms with Crippen LogP contribution in [-0.2, 0) is 4.74 Å². The molecule has 2 atom stereocenters. The molecule has 0 aliphatic carbocycles. The Kier molecular flexibility index (Phi) is 9.60. The van der Waals surface area contributed by atoms with Crippen molar-refractivity contribution in [2.24, 2.45) is 0 Å². The molecule has 0 saturated heterocycles. The number of aliphatic hydroxyl groups excluding tert-OH is 1. The van der Waals surface area contributed by atoms with E-state index in [4.69, 9.17) is 9.47 Å². The first kappa shape index (κ1) is 26.6. The van der Waals surface area contributed by atoms with Gasteiger partial charge in [-0.15, -0.1) is 11.8 Å². The lowest BCUT2D eigenvalue weighted by Crippen LogP contribution is -2.35. The number of thioether (sulfide) groups is 1. The molecule has 0 aliphatic rings. The summed E-state index contributed by atoms with van der Waals surface area (Å²) in [4.78, 5) is 13.0. The molecule has 0 fully saturated rings. The first-order valence-electron chi connectivity index (χ1n) is 11.6. The van der Waals surface area contributed by atoms with Gasteiger partial charge in [0.05, 0.1) is 18.8 Å². The minimum atomic E-state index is -0.681. The molecule has 0 unspecified atom stereocenters. The number of phenols is 1. The Morgan fingerprint density at radius 3 is 2.26 bits per heavy atom. The number of aromatic hydroxyl groups is 1. The van der Waals surface area contributed by atoms with E-state index in [9.17, 15) is 15.0 Å². The molecular formula is C28H33NO5S. The summed E-state index contributed by atoms with van der Waals surface area (Å²) in [5, 5.41) is 23.4. The van der Waals surface area contributed by atoms with Crippen molar-refractivity contribution in [3.63, 3.8) is 0 Å². The van der Waals surface area contributed by atoms with Crippen LogP contribution < -0.4 is 10.1 Å². The van der Waals surface area contributed by atoms with Gasteiger partial charge in [-0.3, -0.25) is 0 Å². The lowest BCUT2D eigenvalue weighted by Gasteiger charge is -2.21. The van der Waals surface area contributed by atoms with Gasteiger partial charge < -0.3 is 25.0 Å². The third kappa shape index (κ3) is 7.49. The Labute approximate surface area is 211 Å². The average Bonchev–Trinajstić information content (AvgIpc) is 2.86. The largest absolute Gasteiger partial charge is 0.508 e. The monoisotopic (exact) mass is 495 g/mol. The predicted molar refractivity (Wildman–Crippen MR) is 140 cm³/mol. The van der Waals surface area contributed by atoms with Crippen LogP contribution in [0.15, 0.2) is 71.6 Å². The summed E-state index contributed by atoms with van der Waals surface area (Å²) in [5.41, 5.74) is 3.37. The van der Waals surface area contributed by atoms with E-state index in [0.717, 1.165) is 27.3 Å². The lowest BCUT2D eigenvalue weighted by molar-refractivity contribution is 0.0597. The Balaban J connectivity index is 1.55. The van der Waals surface area contributed by atoms with Crippen molar-refractivity contribution in [1.29, 1.82) is 0 Å². The number of ether oxygens (including phenoxy) is 2. The molecule has 0 radical (unpaired) electrons. The van der Waals surface area contributed by atoms with Crippen molar-refractivity contribution < 1.29 is 24.5 Å². The van der Waals surface area contributed by atoms with Crippen LogP contribution in [0.3, 0.4) is 0 Å². The third-order valence-electron chi connectivity index (χ3n) is 5.48. The molecule has 0 saturated carbocycles. The molecule has 35 heavy (non-hydrogen) atoms. The minimum absolute atomic E-state index is 0.170. The molecule has 3 N–H and O–H groups in total. The fourth-order valence-electron chi connectivity index (χ4n) is 3.60. The second-order valence-corrected chi connectivity index (χ2v) is 10.1. The fraction of sp³-hybridized carbons (Fsp3) is 0.321. The number of carbonyl (C=O) groups excluding carboxylic acids is 1. The molecule has 3 rings (SSSR count). The Morgan fingerprint density at radius 2 is 1.63 bits per heavy atom. The zero-order chi connectivity index (χ0) is 25.4. The van der Waals surface area contributed by atoms with Crippen LogP contribution in [0.25, 0.3) is 11.1 Å². The van der Waals surface area contributed by atoms with Crippen molar-refractivity contribution in [2.75, 3.05) is 20.3 Å². The summed E-state index contributed by atoms with van der Waals surface area (Å²) in [6, 6.07) is 20.0. The van der Waals surface area contributed by atoms with Crippen molar-refractivity contribution in [2.45, 2.75) is 43.1 Å². The standard InChI is InChI=1S/C28H33NO5S/c1-18(2)35-26-17-22(9-14-25(26)28(32)33-4)20-7-12-24(13-8-20)34-16-15-29-19(3)27(31)21-5-10-23(30)11-6-21/h5-14,17-19,27,29-31H,15-16H2,1-4H3/t19-,27+/m0/s1. The number of aliphatic hydroxyl groups is 1. The van der Waals surface area contributed by atoms with E-state index in [2.05, 4.69) is 19.2 Å². The van der Waals surface area contributed by atoms with Crippen molar-refractivity contribution in [3.8, 4) is 22.6 Å². The molecule has 0 heterocycles. The van der Waals surface area contributed by atoms with Crippen LogP contribution in [0, 0.1) is 0 Å². The molecule has 186 valence electrons. The van der Waals surface area contributed by atoms with Gasteiger partial charge in [-0.05, 0) is 60.0 Å². The first-order valence-corrected chi connectivity index (χ1v) is 12.5. The SMILES string of the molecule is COC(=O)c1ccc(-c2ccc(OCCN[C@@H](C)[C@@H](O)c3ccc(O)cc3)cc2)cc1SC(C)C. The Morgan fingerprint density at radius 1 is 0.971 bits per heavy atom. The lowest BCUT2D eigenvalue weighted by atomic mass is 10.0. The number of methoxy groups -OCH3 is 1. The number of hydrogen-bond acceptors (Lipinski definition) is 7. The summed E-state index contributed by atoms with van der Waals surface area (Å²) in [6.45, 7) is 7.11. The second kappa shape index (κ2) is 12.6. The quantitative estimate of drug-likeness (QED) is 0.186. The molecule has 0 aromatic heterocycles. The van der Waals surface area contributed by atoms with Gasteiger partial charge in [-0.25, -0.2) is 4.79 Å². The van der Waals surface area contributed by atoms with Crippen molar-refractivity contribution >= 4 is 17.7 Å². The van der Waals surface area contributed by atoms with Crippen molar-refractivity contribution in [3.05, 3.63) is 77.9 Å². The van der Waals surface area contributed by atoms with Gasteiger partial charge in [0.2, 0.25) is 0 Å². The van der Waals surface area contributed by atoms with Gasteiger partial charge in [0, 0.05) is 22.7 Å². The zero-order valence-corrected chi connectivity index (χ0v) is 21.3. The van der Waals surface area contributed by atoms with Crippen LogP contribution >= 0.6 is 11.8 Å². The maximum atomic E-state index is 12.1. The number of benzene rings is 3. The van der Waals surface area contributed by atoms with Crippen LogP contribution in [0.1, 0.15) is 42.8 Å². The Bertz CT molecular complexity index is 1100. The summed E-state index contributed by atoms with van der Waals surface area (Å²) in [7, 11) is 1.40. The van der Waals surface area contributed by atoms with Crippen LogP contribution in [-0.4, -0.2) is 47.7 Å². The Hall–Kier alpha value is -3.00. The normalized spacial score (nSPS) is 12.9. The molecule has 0 amide bonds. The van der Waals surface area contributed by atoms with Crippen molar-refractivity contribution in [1.82, 2.24) is 5.32 Å². The molecule has 0 spiro atoms. The highest BCUT2D eigenvalue weighted by atomic mass is 32.2. The number of phenolic OH excluding ortho intramolecular Hbond substituents is 1. The summed E-state index contributed by atoms with van der Waals surface area (Å²) < 4.78 is 10.8. The van der Waals surface area contributed by atoms with E-state index in [0.29, 0.717) is 24.0 Å². The summed E-state index contributed by atoms with van der Waals surface area (Å²) in [5.74, 6) is 0.598. The van der Waals surface area contributed by atoms with Gasteiger partial charge in [0.15, 0.2) is 0 Å². The minimum Gasteiger partial charge on any atom is -0.508 e. The molecule has 3 aromatic carbocycles. The zero-order valence-electron chi connectivity index (χ0n) is 20.5. The first-order chi connectivity index (χ1) is 16.8. The van der Waals surface area contributed by atoms with Gasteiger partial charge in [-0.2, -0.15) is 0 Å². The molecule has 0 aliphatic heterocycles. The number of rotatable bonds is 11. The van der Waals surface area contributed by atoms with E-state index in [1.54, 1.807) is 36.0 Å². The number of nitrogens with one attached hydrogen (secondary N) is 1. The molecular weight excluding hydrogens is 462 g/mol. The predicted octanol–water partition coefficient (Wildman–Crippen LogP) is 5.44. The van der Waals surface area contributed by atoms with Gasteiger partial charge in [0.25, 0.3) is 0 Å². The fourth-order valence-corrected chi connectivity index (χ4v) is 4.58. The van der Waals surface area contributed by atoms with Gasteiger partial charge >= 0.3 is 5.97 Å². The van der Waals surface area contributed by atoms with E-state index in [-0.39, 0.29) is 17.8 Å². The third-order valence-corrected chi connectivity index (χ3v) is 6.55. The molecule has 3 aromatic rings. The highest BCUT2D eigenvalue weighted by Crippen LogP contribution is 2.32. The van der Waals surface area contributed by atoms with Crippen LogP contribution in [0.4, 0.5) is 0 Å². The van der Waals surface area contributed by atoms with E-state index >= 15 is 0 Å². The van der Waals surface area contributed by atoms with E-state index in [1.165, 1.54) is 7.11 Å². The van der Waals surface area contributed by atoms with E-state index in [1.807, 2.05) is 49.4 Å². The second-order valence-electron chi connectivity index (χ2n) is 8.52. The van der Waals surface area contributed by atoms with Gasteiger partial charge in [-0.1, -0.05) is 44.2 Å². The number of hydrogen-bond donors (Lipinski definition) is 3. The summed E-state index contributed by atoms with van der Waals surface area (Å²) >= 11 is 1.64. The number of esters is 1. The van der Waals surface area contributed by atoms with Gasteiger partial charge in [0.1, 0.15) is 18.1 Å². The van der Waals surface area contributed by atoms with Crippen LogP contribution in [0.5, 0.6) is 11.5 Å². The average molecular weight is 496 g/mol. The number of carbonyl (C=O) groups is 1. The molecule has 7 heteroatoms. The maximum Gasteiger partial charge on any atom is 0.338 e. The maximum absolute atomic E-state index is 12.1. The van der Waals surface area contributed by atoms with E-state index < -0.39 is 6.10 Å². The smallest absolute Gasteiger partial charge is 0.338 e. The molecule has 0 bridgehead atoms.